The summed E-state index contributed by atoms with van der Waals surface area (Å²) in [5.74, 6) is -1.18. The Morgan fingerprint density at radius 1 is 1.14 bits per heavy atom. The van der Waals surface area contributed by atoms with E-state index in [1.54, 1.807) is 30.3 Å². The summed E-state index contributed by atoms with van der Waals surface area (Å²) in [6.07, 6.45) is 0. The van der Waals surface area contributed by atoms with E-state index in [0.717, 1.165) is 0 Å². The highest BCUT2D eigenvalue weighted by atomic mass is 79.9. The molecule has 0 aliphatic carbocycles. The van der Waals surface area contributed by atoms with E-state index in [1.807, 2.05) is 0 Å². The van der Waals surface area contributed by atoms with Gasteiger partial charge in [0, 0.05) is 4.47 Å². The van der Waals surface area contributed by atoms with E-state index < -0.39 is 11.7 Å². The van der Waals surface area contributed by atoms with Gasteiger partial charge in [0.1, 0.15) is 5.82 Å². The second-order valence-electron chi connectivity index (χ2n) is 4.43. The summed E-state index contributed by atoms with van der Waals surface area (Å²) >= 11 is 9.14. The van der Waals surface area contributed by atoms with Gasteiger partial charge in [-0.3, -0.25) is 4.79 Å². The molecule has 0 unspecified atom stereocenters. The zero-order chi connectivity index (χ0) is 15.7. The van der Waals surface area contributed by atoms with E-state index in [9.17, 15) is 9.18 Å². The number of hydrogen-bond donors (Lipinski definition) is 1. The number of nitrogens with one attached hydrogen (secondary N) is 1. The normalized spacial score (nSPS) is 10.7. The monoisotopic (exact) mass is 379 g/mol. The number of halogens is 3. The second-order valence-corrected chi connectivity index (χ2v) is 5.70. The molecule has 0 atom stereocenters. The summed E-state index contributed by atoms with van der Waals surface area (Å²) in [5.41, 5.74) is 1.11. The van der Waals surface area contributed by atoms with Gasteiger partial charge in [-0.25, -0.2) is 14.4 Å². The third-order valence-electron chi connectivity index (χ3n) is 2.92. The van der Waals surface area contributed by atoms with Crippen LogP contribution in [0.2, 0.25) is 5.15 Å². The van der Waals surface area contributed by atoms with Gasteiger partial charge < -0.3 is 5.32 Å². The van der Waals surface area contributed by atoms with E-state index in [4.69, 9.17) is 11.6 Å². The number of para-hydroxylation sites is 2. The standard InChI is InChI=1S/C15H8BrClFN3O/c16-8-5-6-10(9(18)7-8)21-15(22)13-14(17)20-12-4-2-1-3-11(12)19-13/h1-7H,(H,21,22). The zero-order valence-electron chi connectivity index (χ0n) is 11.0. The van der Waals surface area contributed by atoms with Crippen LogP contribution in [0.1, 0.15) is 10.5 Å². The quantitative estimate of drug-likeness (QED) is 0.715. The van der Waals surface area contributed by atoms with Gasteiger partial charge in [-0.2, -0.15) is 0 Å². The molecular formula is C15H8BrClFN3O. The summed E-state index contributed by atoms with van der Waals surface area (Å²) in [5, 5.41) is 2.40. The van der Waals surface area contributed by atoms with Crippen LogP contribution in [0.25, 0.3) is 11.0 Å². The third-order valence-corrected chi connectivity index (χ3v) is 3.68. The molecule has 1 amide bonds. The molecule has 1 N–H and O–H groups in total. The lowest BCUT2D eigenvalue weighted by molar-refractivity contribution is 0.102. The first-order valence-corrected chi connectivity index (χ1v) is 7.40. The Morgan fingerprint density at radius 2 is 1.82 bits per heavy atom. The Kier molecular flexibility index (Phi) is 4.04. The Balaban J connectivity index is 1.96. The summed E-state index contributed by atoms with van der Waals surface area (Å²) in [7, 11) is 0. The molecule has 0 fully saturated rings. The summed E-state index contributed by atoms with van der Waals surface area (Å²) in [6.45, 7) is 0. The van der Waals surface area contributed by atoms with E-state index in [-0.39, 0.29) is 16.5 Å². The van der Waals surface area contributed by atoms with Gasteiger partial charge in [0.05, 0.1) is 16.7 Å². The number of fused-ring (bicyclic) bond motifs is 1. The van der Waals surface area contributed by atoms with E-state index in [2.05, 4.69) is 31.2 Å². The minimum absolute atomic E-state index is 0.0336. The van der Waals surface area contributed by atoms with Gasteiger partial charge >= 0.3 is 0 Å². The smallest absolute Gasteiger partial charge is 0.277 e. The lowest BCUT2D eigenvalue weighted by atomic mass is 10.2. The van der Waals surface area contributed by atoms with Crippen molar-refractivity contribution in [1.82, 2.24) is 9.97 Å². The molecule has 1 aromatic heterocycles. The Bertz CT molecular complexity index is 888. The number of carbonyl (C=O) groups is 1. The largest absolute Gasteiger partial charge is 0.318 e. The van der Waals surface area contributed by atoms with Crippen molar-refractivity contribution in [2.75, 3.05) is 5.32 Å². The maximum atomic E-state index is 13.8. The van der Waals surface area contributed by atoms with Crippen molar-refractivity contribution in [3.05, 3.63) is 63.6 Å². The number of nitrogens with zero attached hydrogens (tertiary/aromatic N) is 2. The molecule has 1 heterocycles. The van der Waals surface area contributed by atoms with Gasteiger partial charge in [0.25, 0.3) is 5.91 Å². The van der Waals surface area contributed by atoms with Gasteiger partial charge in [0.15, 0.2) is 10.8 Å². The summed E-state index contributed by atoms with van der Waals surface area (Å²) < 4.78 is 14.3. The molecule has 0 bridgehead atoms. The molecule has 110 valence electrons. The second kappa shape index (κ2) is 5.98. The van der Waals surface area contributed by atoms with E-state index in [1.165, 1.54) is 12.1 Å². The summed E-state index contributed by atoms with van der Waals surface area (Å²) in [4.78, 5) is 20.5. The molecule has 3 rings (SSSR count). The van der Waals surface area contributed by atoms with Crippen molar-refractivity contribution in [2.24, 2.45) is 0 Å². The minimum atomic E-state index is -0.621. The number of rotatable bonds is 2. The van der Waals surface area contributed by atoms with Crippen LogP contribution in [0, 0.1) is 5.82 Å². The zero-order valence-corrected chi connectivity index (χ0v) is 13.3. The lowest BCUT2D eigenvalue weighted by Gasteiger charge is -2.08. The SMILES string of the molecule is O=C(Nc1ccc(Br)cc1F)c1nc2ccccc2nc1Cl. The van der Waals surface area contributed by atoms with Crippen molar-refractivity contribution in [3.63, 3.8) is 0 Å². The number of hydrogen-bond acceptors (Lipinski definition) is 3. The predicted octanol–water partition coefficient (Wildman–Crippen LogP) is 4.44. The highest BCUT2D eigenvalue weighted by molar-refractivity contribution is 9.10. The molecule has 4 nitrogen and oxygen atoms in total. The fourth-order valence-corrected chi connectivity index (χ4v) is 2.45. The number of carbonyl (C=O) groups excluding carboxylic acids is 1. The fraction of sp³-hybridized carbons (Fsp3) is 0. The van der Waals surface area contributed by atoms with Crippen LogP contribution < -0.4 is 5.32 Å². The number of aromatic nitrogens is 2. The molecule has 0 radical (unpaired) electrons. The molecule has 0 spiro atoms. The van der Waals surface area contributed by atoms with Crippen LogP contribution in [-0.4, -0.2) is 15.9 Å². The van der Waals surface area contributed by atoms with Gasteiger partial charge in [-0.05, 0) is 30.3 Å². The first kappa shape index (κ1) is 14.9. The van der Waals surface area contributed by atoms with Crippen LogP contribution in [0.4, 0.5) is 10.1 Å². The number of amides is 1. The molecule has 0 saturated heterocycles. The summed E-state index contributed by atoms with van der Waals surface area (Å²) in [6, 6.07) is 11.3. The van der Waals surface area contributed by atoms with Crippen LogP contribution in [0.5, 0.6) is 0 Å². The van der Waals surface area contributed by atoms with Gasteiger partial charge in [-0.1, -0.05) is 39.7 Å². The average Bonchev–Trinajstić information content (AvgIpc) is 2.49. The Hall–Kier alpha value is -2.05. The van der Waals surface area contributed by atoms with E-state index in [0.29, 0.717) is 15.5 Å². The van der Waals surface area contributed by atoms with Crippen molar-refractivity contribution in [3.8, 4) is 0 Å². The maximum Gasteiger partial charge on any atom is 0.277 e. The molecule has 22 heavy (non-hydrogen) atoms. The highest BCUT2D eigenvalue weighted by Gasteiger charge is 2.16. The highest BCUT2D eigenvalue weighted by Crippen LogP contribution is 2.22. The van der Waals surface area contributed by atoms with Gasteiger partial charge in [0.2, 0.25) is 0 Å². The van der Waals surface area contributed by atoms with Crippen LogP contribution in [0.3, 0.4) is 0 Å². The Morgan fingerprint density at radius 3 is 2.50 bits per heavy atom. The van der Waals surface area contributed by atoms with E-state index >= 15 is 0 Å². The lowest BCUT2D eigenvalue weighted by Crippen LogP contribution is -2.16. The van der Waals surface area contributed by atoms with Gasteiger partial charge in [-0.15, -0.1) is 0 Å². The molecule has 3 aromatic rings. The molecule has 0 aliphatic heterocycles. The first-order valence-electron chi connectivity index (χ1n) is 6.23. The molecule has 7 heteroatoms. The average molecular weight is 381 g/mol. The van der Waals surface area contributed by atoms with Crippen molar-refractivity contribution in [2.45, 2.75) is 0 Å². The van der Waals surface area contributed by atoms with Crippen molar-refractivity contribution >= 4 is 50.2 Å². The number of benzene rings is 2. The minimum Gasteiger partial charge on any atom is -0.318 e. The van der Waals surface area contributed by atoms with Crippen LogP contribution in [-0.2, 0) is 0 Å². The molecule has 2 aromatic carbocycles. The van der Waals surface area contributed by atoms with Crippen molar-refractivity contribution in [1.29, 1.82) is 0 Å². The topological polar surface area (TPSA) is 54.9 Å². The van der Waals surface area contributed by atoms with Crippen molar-refractivity contribution < 1.29 is 9.18 Å². The van der Waals surface area contributed by atoms with Crippen LogP contribution >= 0.6 is 27.5 Å². The predicted molar refractivity (Wildman–Crippen MR) is 86.6 cm³/mol. The first-order chi connectivity index (χ1) is 10.5. The molecule has 0 saturated carbocycles. The van der Waals surface area contributed by atoms with Crippen LogP contribution in [0.15, 0.2) is 46.9 Å². The maximum absolute atomic E-state index is 13.8. The molecule has 0 aliphatic rings. The number of anilines is 1. The fourth-order valence-electron chi connectivity index (χ4n) is 1.90. The molecular weight excluding hydrogens is 373 g/mol. The Labute approximate surface area is 138 Å². The third kappa shape index (κ3) is 2.93.